The molecule has 26 heavy (non-hydrogen) atoms. The number of ether oxygens (including phenoxy) is 1. The lowest BCUT2D eigenvalue weighted by molar-refractivity contribution is -0.139. The predicted molar refractivity (Wildman–Crippen MR) is 83.8 cm³/mol. The maximum absolute atomic E-state index is 13.9. The highest BCUT2D eigenvalue weighted by molar-refractivity contribution is 5.94. The van der Waals surface area contributed by atoms with Gasteiger partial charge in [-0.25, -0.2) is 13.6 Å². The van der Waals surface area contributed by atoms with E-state index < -0.39 is 51.2 Å². The van der Waals surface area contributed by atoms with Gasteiger partial charge in [0.1, 0.15) is 17.7 Å². The Bertz CT molecular complexity index is 960. The summed E-state index contributed by atoms with van der Waals surface area (Å²) in [5.74, 6) is -5.12. The van der Waals surface area contributed by atoms with E-state index in [1.807, 2.05) is 0 Å². The van der Waals surface area contributed by atoms with Crippen LogP contribution in [-0.4, -0.2) is 17.1 Å². The Hall–Kier alpha value is -2.97. The zero-order valence-corrected chi connectivity index (χ0v) is 13.2. The van der Waals surface area contributed by atoms with E-state index >= 15 is 0 Å². The Balaban J connectivity index is 2.97. The minimum absolute atomic E-state index is 0.247. The molecule has 1 heterocycles. The summed E-state index contributed by atoms with van der Waals surface area (Å²) in [7, 11) is 0. The summed E-state index contributed by atoms with van der Waals surface area (Å²) in [6.45, 7) is 6.13. The largest absolute Gasteiger partial charge is 0.458 e. The van der Waals surface area contributed by atoms with E-state index in [-0.39, 0.29) is 13.2 Å². The minimum Gasteiger partial charge on any atom is -0.458 e. The highest BCUT2D eigenvalue weighted by Crippen LogP contribution is 2.37. The second-order valence-corrected chi connectivity index (χ2v) is 5.14. The average molecular weight is 373 g/mol. The van der Waals surface area contributed by atoms with E-state index in [1.54, 1.807) is 0 Å². The van der Waals surface area contributed by atoms with Crippen LogP contribution in [0.15, 0.2) is 42.4 Å². The minimum atomic E-state index is -5.27. The van der Waals surface area contributed by atoms with Gasteiger partial charge in [0.05, 0.1) is 10.9 Å². The van der Waals surface area contributed by atoms with Gasteiger partial charge in [0.15, 0.2) is 11.6 Å². The predicted octanol–water partition coefficient (Wildman–Crippen LogP) is 3.83. The van der Waals surface area contributed by atoms with E-state index in [0.29, 0.717) is 6.07 Å². The molecule has 0 bridgehead atoms. The molecule has 2 aromatic rings. The molecule has 0 radical (unpaired) electrons. The SMILES string of the molecule is C=CCOC(=O)c1cn(CC=C)c2c(C(F)(F)F)c(F)c(F)cc2c1=O. The second kappa shape index (κ2) is 7.11. The lowest BCUT2D eigenvalue weighted by Gasteiger charge is -2.17. The molecule has 0 saturated carbocycles. The van der Waals surface area contributed by atoms with Gasteiger partial charge < -0.3 is 9.30 Å². The molecule has 0 aliphatic heterocycles. The molecule has 0 spiro atoms. The zero-order valence-electron chi connectivity index (χ0n) is 13.2. The molecule has 0 aliphatic rings. The smallest absolute Gasteiger partial charge is 0.421 e. The first-order chi connectivity index (χ1) is 12.1. The molecule has 138 valence electrons. The van der Waals surface area contributed by atoms with Gasteiger partial charge in [-0.1, -0.05) is 18.7 Å². The average Bonchev–Trinajstić information content (AvgIpc) is 2.55. The molecule has 2 rings (SSSR count). The van der Waals surface area contributed by atoms with E-state index in [9.17, 15) is 31.5 Å². The van der Waals surface area contributed by atoms with E-state index in [1.165, 1.54) is 12.2 Å². The van der Waals surface area contributed by atoms with E-state index in [4.69, 9.17) is 4.74 Å². The third kappa shape index (κ3) is 3.37. The maximum Gasteiger partial charge on any atom is 0.421 e. The number of pyridine rings is 1. The first kappa shape index (κ1) is 19.4. The number of aromatic nitrogens is 1. The molecule has 1 aromatic carbocycles. The molecular weight excluding hydrogens is 361 g/mol. The van der Waals surface area contributed by atoms with E-state index in [2.05, 4.69) is 13.2 Å². The summed E-state index contributed by atoms with van der Waals surface area (Å²) in [4.78, 5) is 24.4. The number of carbonyl (C=O) groups excluding carboxylic acids is 1. The van der Waals surface area contributed by atoms with Crippen LogP contribution >= 0.6 is 0 Å². The van der Waals surface area contributed by atoms with Gasteiger partial charge in [-0.3, -0.25) is 4.79 Å². The van der Waals surface area contributed by atoms with Crippen LogP contribution in [0.4, 0.5) is 22.0 Å². The number of allylic oxidation sites excluding steroid dienone is 1. The first-order valence-electron chi connectivity index (χ1n) is 7.14. The summed E-state index contributed by atoms with van der Waals surface area (Å²) in [5.41, 5.74) is -4.65. The molecular formula is C17H12F5NO3. The summed E-state index contributed by atoms with van der Waals surface area (Å²) in [5, 5.41) is -0.800. The van der Waals surface area contributed by atoms with Gasteiger partial charge >= 0.3 is 12.1 Å². The fourth-order valence-corrected chi connectivity index (χ4v) is 2.41. The topological polar surface area (TPSA) is 48.3 Å². The number of fused-ring (bicyclic) bond motifs is 1. The Labute approximate surface area is 143 Å². The number of halogens is 5. The Morgan fingerprint density at radius 2 is 1.88 bits per heavy atom. The number of nitrogens with zero attached hydrogens (tertiary/aromatic N) is 1. The summed E-state index contributed by atoms with van der Waals surface area (Å²) in [6.07, 6.45) is -2.09. The lowest BCUT2D eigenvalue weighted by atomic mass is 10.0. The number of benzene rings is 1. The number of carbonyl (C=O) groups is 1. The van der Waals surface area contributed by atoms with Crippen molar-refractivity contribution in [2.24, 2.45) is 0 Å². The van der Waals surface area contributed by atoms with Crippen molar-refractivity contribution >= 4 is 16.9 Å². The van der Waals surface area contributed by atoms with Crippen molar-refractivity contribution < 1.29 is 31.5 Å². The number of rotatable bonds is 5. The molecule has 0 aliphatic carbocycles. The quantitative estimate of drug-likeness (QED) is 0.455. The third-order valence-corrected chi connectivity index (χ3v) is 3.42. The van der Waals surface area contributed by atoms with Crippen molar-refractivity contribution in [2.75, 3.05) is 6.61 Å². The van der Waals surface area contributed by atoms with E-state index in [0.717, 1.165) is 10.8 Å². The number of alkyl halides is 3. The van der Waals surface area contributed by atoms with Crippen LogP contribution < -0.4 is 5.43 Å². The standard InChI is InChI=1S/C17H12F5NO3/c1-3-5-23-8-10(16(25)26-6-4-2)15(24)9-7-11(18)13(19)12(14(9)23)17(20,21)22/h3-4,7-8H,1-2,5-6H2. The van der Waals surface area contributed by atoms with Crippen LogP contribution in [0.5, 0.6) is 0 Å². The molecule has 0 saturated heterocycles. The van der Waals surface area contributed by atoms with Gasteiger partial charge in [-0.05, 0) is 6.07 Å². The summed E-state index contributed by atoms with van der Waals surface area (Å²) >= 11 is 0. The molecule has 0 atom stereocenters. The van der Waals surface area contributed by atoms with Crippen molar-refractivity contribution in [1.82, 2.24) is 4.57 Å². The maximum atomic E-state index is 13.9. The van der Waals surface area contributed by atoms with Crippen molar-refractivity contribution in [3.05, 3.63) is 70.6 Å². The molecule has 9 heteroatoms. The summed E-state index contributed by atoms with van der Waals surface area (Å²) < 4.78 is 72.9. The van der Waals surface area contributed by atoms with Crippen LogP contribution in [0.25, 0.3) is 10.9 Å². The second-order valence-electron chi connectivity index (χ2n) is 5.14. The van der Waals surface area contributed by atoms with Gasteiger partial charge in [0, 0.05) is 12.7 Å². The molecule has 0 unspecified atom stereocenters. The highest BCUT2D eigenvalue weighted by Gasteiger charge is 2.39. The number of hydrogen-bond donors (Lipinski definition) is 0. The lowest BCUT2D eigenvalue weighted by Crippen LogP contribution is -2.24. The molecule has 0 amide bonds. The number of esters is 1. The zero-order chi connectivity index (χ0) is 19.6. The van der Waals surface area contributed by atoms with Gasteiger partial charge in [-0.2, -0.15) is 13.2 Å². The Kier molecular flexibility index (Phi) is 5.29. The van der Waals surface area contributed by atoms with Crippen LogP contribution in [0.3, 0.4) is 0 Å². The van der Waals surface area contributed by atoms with Crippen LogP contribution in [0.1, 0.15) is 15.9 Å². The molecule has 0 fully saturated rings. The van der Waals surface area contributed by atoms with Crippen molar-refractivity contribution in [1.29, 1.82) is 0 Å². The third-order valence-electron chi connectivity index (χ3n) is 3.42. The Morgan fingerprint density at radius 1 is 1.23 bits per heavy atom. The molecule has 1 aromatic heterocycles. The highest BCUT2D eigenvalue weighted by atomic mass is 19.4. The molecule has 4 nitrogen and oxygen atoms in total. The first-order valence-corrected chi connectivity index (χ1v) is 7.14. The molecule has 0 N–H and O–H groups in total. The van der Waals surface area contributed by atoms with Gasteiger partial charge in [-0.15, -0.1) is 6.58 Å². The Morgan fingerprint density at radius 3 is 2.42 bits per heavy atom. The van der Waals surface area contributed by atoms with Crippen LogP contribution in [-0.2, 0) is 17.5 Å². The van der Waals surface area contributed by atoms with Gasteiger partial charge in [0.25, 0.3) is 0 Å². The fraction of sp³-hybridized carbons (Fsp3) is 0.176. The fourth-order valence-electron chi connectivity index (χ4n) is 2.41. The van der Waals surface area contributed by atoms with Crippen LogP contribution in [0.2, 0.25) is 0 Å². The monoisotopic (exact) mass is 373 g/mol. The van der Waals surface area contributed by atoms with Crippen molar-refractivity contribution in [3.63, 3.8) is 0 Å². The number of hydrogen-bond acceptors (Lipinski definition) is 3. The van der Waals surface area contributed by atoms with Crippen molar-refractivity contribution in [3.8, 4) is 0 Å². The van der Waals surface area contributed by atoms with Crippen LogP contribution in [0, 0.1) is 11.6 Å². The summed E-state index contributed by atoms with van der Waals surface area (Å²) in [6, 6.07) is 0.326. The van der Waals surface area contributed by atoms with Crippen molar-refractivity contribution in [2.45, 2.75) is 12.7 Å². The van der Waals surface area contributed by atoms with Gasteiger partial charge in [0.2, 0.25) is 5.43 Å². The normalized spacial score (nSPS) is 11.4.